The van der Waals surface area contributed by atoms with E-state index in [1.165, 1.54) is 64.2 Å². The van der Waals surface area contributed by atoms with Crippen molar-refractivity contribution in [2.24, 2.45) is 0 Å². The third-order valence-electron chi connectivity index (χ3n) is 16.8. The van der Waals surface area contributed by atoms with Crippen LogP contribution in [-0.4, -0.2) is 96.7 Å². The molecule has 0 aromatic heterocycles. The van der Waals surface area contributed by atoms with Crippen molar-refractivity contribution < 1.29 is 80.2 Å². The van der Waals surface area contributed by atoms with Crippen molar-refractivity contribution in [1.29, 1.82) is 0 Å². The van der Waals surface area contributed by atoms with Crippen LogP contribution < -0.4 is 0 Å². The van der Waals surface area contributed by atoms with Gasteiger partial charge in [-0.05, 0) is 141 Å². The van der Waals surface area contributed by atoms with Gasteiger partial charge in [-0.3, -0.25) is 37.3 Å². The van der Waals surface area contributed by atoms with E-state index in [9.17, 15) is 43.2 Å². The molecule has 0 aliphatic rings. The Labute approximate surface area is 643 Å². The standard InChI is InChI=1S/C87H146O17P2/c1-5-9-13-17-21-25-29-33-37-39-40-42-46-48-52-56-60-64-68-72-85(90)98-78-83(104-87(92)74-70-66-62-58-54-50-44-36-32-28-24-20-16-12-8-4)80-102-106(95,96)100-76-81(88)75-99-105(93,94)101-79-82(103-86(91)73-69-65-61-57-53-49-43-35-31-27-23-19-15-11-7-3)77-97-84(89)71-67-63-59-55-51-47-45-41-38-34-30-26-22-18-14-10-6-2/h9-11,13-15,21-23,25-27,33-35,37-38,40,42-43,45,47-48,52,81-83,88H,5-8,12,16-20,24,28-32,36,39,41,44,46,49-51,53-80H2,1-4H3,(H,93,94)(H,95,96)/b13-9-,14-10-,15-11-,25-21-,26-22-,27-23-,37-33-,38-34-,42-40-,43-35-,47-45-,52-48-. The van der Waals surface area contributed by atoms with Crippen LogP contribution in [0.5, 0.6) is 0 Å². The number of carbonyl (C=O) groups is 4. The third kappa shape index (κ3) is 77.1. The van der Waals surface area contributed by atoms with Gasteiger partial charge in [0.25, 0.3) is 0 Å². The number of rotatable bonds is 76. The van der Waals surface area contributed by atoms with E-state index in [2.05, 4.69) is 174 Å². The molecule has 17 nitrogen and oxygen atoms in total. The summed E-state index contributed by atoms with van der Waals surface area (Å²) >= 11 is 0. The van der Waals surface area contributed by atoms with Gasteiger partial charge in [-0.25, -0.2) is 9.13 Å². The zero-order chi connectivity index (χ0) is 77.4. The molecule has 0 saturated carbocycles. The molecule has 0 saturated heterocycles. The van der Waals surface area contributed by atoms with E-state index in [0.717, 1.165) is 180 Å². The molecule has 19 heteroatoms. The topological polar surface area (TPSA) is 237 Å². The van der Waals surface area contributed by atoms with Crippen molar-refractivity contribution in [3.8, 4) is 0 Å². The smallest absolute Gasteiger partial charge is 0.462 e. The number of carbonyl (C=O) groups excluding carboxylic acids is 4. The van der Waals surface area contributed by atoms with Crippen LogP contribution in [0.3, 0.4) is 0 Å². The molecule has 0 aromatic rings. The summed E-state index contributed by atoms with van der Waals surface area (Å²) in [4.78, 5) is 73.1. The fourth-order valence-electron chi connectivity index (χ4n) is 10.7. The second-order valence-corrected chi connectivity index (χ2v) is 29.8. The minimum Gasteiger partial charge on any atom is -0.462 e. The lowest BCUT2D eigenvalue weighted by atomic mass is 10.0. The van der Waals surface area contributed by atoms with E-state index in [1.54, 1.807) is 0 Å². The first kappa shape index (κ1) is 101. The summed E-state index contributed by atoms with van der Waals surface area (Å²) < 4.78 is 68.7. The molecule has 0 heterocycles. The lowest BCUT2D eigenvalue weighted by Gasteiger charge is -2.21. The molecule has 106 heavy (non-hydrogen) atoms. The lowest BCUT2D eigenvalue weighted by Crippen LogP contribution is -2.30. The Morgan fingerprint density at radius 1 is 0.274 bits per heavy atom. The van der Waals surface area contributed by atoms with E-state index >= 15 is 0 Å². The van der Waals surface area contributed by atoms with Crippen molar-refractivity contribution in [2.75, 3.05) is 39.6 Å². The predicted molar refractivity (Wildman–Crippen MR) is 436 cm³/mol. The average molecular weight is 1530 g/mol. The molecule has 3 N–H and O–H groups in total. The Morgan fingerprint density at radius 3 is 0.764 bits per heavy atom. The SMILES string of the molecule is CC/C=C\C/C=C\C/C=C\C/C=C\C/C=C\CCCCCC(=O)OCC(COP(=O)(O)OCC(O)COP(=O)(O)OCC(COC(=O)CCCCCC/C=C\C/C=C\C/C=C\C/C=C\CC)OC(=O)CCCCCCC/C=C\C/C=C\C/C=C\CC)OC(=O)CCCCCCCCCCCCCCCCC. The molecule has 5 atom stereocenters. The van der Waals surface area contributed by atoms with Crippen LogP contribution >= 0.6 is 15.6 Å². The van der Waals surface area contributed by atoms with Crippen molar-refractivity contribution in [3.05, 3.63) is 146 Å². The van der Waals surface area contributed by atoms with Crippen molar-refractivity contribution >= 4 is 39.5 Å². The maximum atomic E-state index is 13.1. The number of aliphatic hydroxyl groups excluding tert-OH is 1. The monoisotopic (exact) mass is 1530 g/mol. The lowest BCUT2D eigenvalue weighted by molar-refractivity contribution is -0.161. The fraction of sp³-hybridized carbons (Fsp3) is 0.678. The summed E-state index contributed by atoms with van der Waals surface area (Å²) in [5, 5.41) is 10.7. The number of aliphatic hydroxyl groups is 1. The highest BCUT2D eigenvalue weighted by Gasteiger charge is 2.30. The number of phosphoric acid groups is 2. The zero-order valence-corrected chi connectivity index (χ0v) is 68.1. The van der Waals surface area contributed by atoms with Crippen LogP contribution in [0.1, 0.15) is 323 Å². The predicted octanol–water partition coefficient (Wildman–Crippen LogP) is 24.2. The Balaban J connectivity index is 5.43. The van der Waals surface area contributed by atoms with E-state index in [-0.39, 0.29) is 25.7 Å². The molecule has 0 amide bonds. The zero-order valence-electron chi connectivity index (χ0n) is 66.3. The average Bonchev–Trinajstić information content (AvgIpc) is 0.909. The summed E-state index contributed by atoms with van der Waals surface area (Å²) in [6, 6.07) is 0. The molecular weight excluding hydrogens is 1380 g/mol. The minimum absolute atomic E-state index is 0.0656. The molecule has 0 aliphatic carbocycles. The van der Waals surface area contributed by atoms with Crippen LogP contribution in [0.15, 0.2) is 146 Å². The normalized spacial score (nSPS) is 14.6. The molecule has 0 fully saturated rings. The van der Waals surface area contributed by atoms with Gasteiger partial charge in [0, 0.05) is 25.7 Å². The van der Waals surface area contributed by atoms with E-state index in [0.29, 0.717) is 25.7 Å². The minimum atomic E-state index is -5.00. The fourth-order valence-corrected chi connectivity index (χ4v) is 12.2. The number of ether oxygens (including phenoxy) is 4. The highest BCUT2D eigenvalue weighted by Crippen LogP contribution is 2.45. The van der Waals surface area contributed by atoms with Gasteiger partial charge < -0.3 is 33.8 Å². The summed E-state index contributed by atoms with van der Waals surface area (Å²) in [6.45, 7) is 4.48. The molecule has 606 valence electrons. The largest absolute Gasteiger partial charge is 0.472 e. The van der Waals surface area contributed by atoms with Crippen LogP contribution in [0.2, 0.25) is 0 Å². The van der Waals surface area contributed by atoms with Crippen molar-refractivity contribution in [1.82, 2.24) is 0 Å². The van der Waals surface area contributed by atoms with Gasteiger partial charge in [0.15, 0.2) is 12.2 Å². The molecule has 0 bridgehead atoms. The molecule has 0 spiro atoms. The first-order chi connectivity index (χ1) is 51.7. The highest BCUT2D eigenvalue weighted by atomic mass is 31.2. The number of unbranched alkanes of at least 4 members (excludes halogenated alkanes) is 26. The molecule has 0 rings (SSSR count). The molecule has 0 aliphatic heterocycles. The number of phosphoric ester groups is 2. The maximum absolute atomic E-state index is 13.1. The first-order valence-electron chi connectivity index (χ1n) is 41.1. The first-order valence-corrected chi connectivity index (χ1v) is 44.1. The van der Waals surface area contributed by atoms with E-state index in [4.69, 9.17) is 37.0 Å². The number of allylic oxidation sites excluding steroid dienone is 24. The maximum Gasteiger partial charge on any atom is 0.472 e. The Kier molecular flexibility index (Phi) is 74.3. The molecule has 5 unspecified atom stereocenters. The Morgan fingerprint density at radius 2 is 0.491 bits per heavy atom. The molecule has 0 aromatic carbocycles. The van der Waals surface area contributed by atoms with Crippen molar-refractivity contribution in [3.63, 3.8) is 0 Å². The van der Waals surface area contributed by atoms with Crippen LogP contribution in [0, 0.1) is 0 Å². The Hall–Kier alpha value is -5.06. The number of esters is 4. The summed E-state index contributed by atoms with van der Waals surface area (Å²) in [5.74, 6) is -2.25. The van der Waals surface area contributed by atoms with E-state index in [1.807, 2.05) is 0 Å². The quantitative estimate of drug-likeness (QED) is 0.0169. The number of hydrogen-bond acceptors (Lipinski definition) is 15. The van der Waals surface area contributed by atoms with Gasteiger partial charge in [-0.1, -0.05) is 302 Å². The van der Waals surface area contributed by atoms with Gasteiger partial charge in [0.05, 0.1) is 26.4 Å². The van der Waals surface area contributed by atoms with Gasteiger partial charge >= 0.3 is 39.5 Å². The Bertz CT molecular complexity index is 2580. The van der Waals surface area contributed by atoms with Gasteiger partial charge in [0.2, 0.25) is 0 Å². The summed E-state index contributed by atoms with van der Waals surface area (Å²) in [6.07, 6.45) is 89.6. The summed E-state index contributed by atoms with van der Waals surface area (Å²) in [5.41, 5.74) is 0. The number of hydrogen-bond donors (Lipinski definition) is 3. The third-order valence-corrected chi connectivity index (χ3v) is 18.7. The molecule has 0 radical (unpaired) electrons. The molecular formula is C87H146O17P2. The van der Waals surface area contributed by atoms with E-state index < -0.39 is 97.5 Å². The van der Waals surface area contributed by atoms with Crippen LogP contribution in [-0.2, 0) is 65.4 Å². The second-order valence-electron chi connectivity index (χ2n) is 26.9. The summed E-state index contributed by atoms with van der Waals surface area (Å²) in [7, 11) is -9.99. The van der Waals surface area contributed by atoms with Crippen LogP contribution in [0.25, 0.3) is 0 Å². The highest BCUT2D eigenvalue weighted by molar-refractivity contribution is 7.47. The van der Waals surface area contributed by atoms with Crippen LogP contribution in [0.4, 0.5) is 0 Å². The van der Waals surface area contributed by atoms with Gasteiger partial charge in [-0.2, -0.15) is 0 Å². The van der Waals surface area contributed by atoms with Gasteiger partial charge in [0.1, 0.15) is 19.3 Å². The van der Waals surface area contributed by atoms with Crippen molar-refractivity contribution in [2.45, 2.75) is 341 Å². The second kappa shape index (κ2) is 78.1. The van der Waals surface area contributed by atoms with Gasteiger partial charge in [-0.15, -0.1) is 0 Å².